The van der Waals surface area contributed by atoms with Crippen molar-refractivity contribution in [3.63, 3.8) is 0 Å². The van der Waals surface area contributed by atoms with Crippen LogP contribution in [0.4, 0.5) is 0 Å². The normalized spacial score (nSPS) is 32.5. The van der Waals surface area contributed by atoms with E-state index in [-0.39, 0.29) is 0 Å². The van der Waals surface area contributed by atoms with Crippen molar-refractivity contribution in [1.82, 2.24) is 0 Å². The van der Waals surface area contributed by atoms with Gasteiger partial charge in [-0.25, -0.2) is 0 Å². The average molecular weight is 158 g/mol. The Hall–Kier alpha value is -0.0800. The Labute approximate surface area is 68.9 Å². The predicted molar refractivity (Wildman–Crippen MR) is 44.6 cm³/mol. The molecule has 0 aromatic rings. The van der Waals surface area contributed by atoms with Crippen molar-refractivity contribution in [3.8, 4) is 0 Å². The Morgan fingerprint density at radius 2 is 1.64 bits per heavy atom. The van der Waals surface area contributed by atoms with Crippen LogP contribution in [-0.2, 0) is 9.47 Å². The van der Waals surface area contributed by atoms with Gasteiger partial charge in [0.15, 0.2) is 0 Å². The molecular formula is C9H18O2. The maximum Gasteiger partial charge on any atom is 0.0568 e. The quantitative estimate of drug-likeness (QED) is 0.535. The van der Waals surface area contributed by atoms with Crippen LogP contribution in [0.15, 0.2) is 0 Å². The summed E-state index contributed by atoms with van der Waals surface area (Å²) in [6.07, 6.45) is 1.83. The summed E-state index contributed by atoms with van der Waals surface area (Å²) in [5, 5.41) is 0. The molecule has 66 valence electrons. The van der Waals surface area contributed by atoms with E-state index in [2.05, 4.69) is 20.8 Å². The summed E-state index contributed by atoms with van der Waals surface area (Å²) in [5.41, 5.74) is 0.500. The highest BCUT2D eigenvalue weighted by Gasteiger charge is 2.26. The first-order chi connectivity index (χ1) is 5.10. The molecule has 2 aliphatic rings. The van der Waals surface area contributed by atoms with Crippen molar-refractivity contribution < 1.29 is 9.47 Å². The van der Waals surface area contributed by atoms with E-state index in [9.17, 15) is 0 Å². The van der Waals surface area contributed by atoms with Gasteiger partial charge in [-0.2, -0.15) is 0 Å². The minimum absolute atomic E-state index is 0.500. The third kappa shape index (κ3) is 3.21. The van der Waals surface area contributed by atoms with Crippen LogP contribution in [0.3, 0.4) is 0 Å². The zero-order chi connectivity index (χ0) is 8.32. The second-order valence-corrected chi connectivity index (χ2v) is 4.13. The van der Waals surface area contributed by atoms with Gasteiger partial charge in [0, 0.05) is 12.0 Å². The van der Waals surface area contributed by atoms with Gasteiger partial charge in [0.2, 0.25) is 0 Å². The molecule has 2 heterocycles. The maximum absolute atomic E-state index is 4.94. The lowest BCUT2D eigenvalue weighted by Crippen LogP contribution is -2.36. The molecule has 2 fully saturated rings. The molecule has 2 nitrogen and oxygen atoms in total. The molecule has 2 saturated heterocycles. The smallest absolute Gasteiger partial charge is 0.0568 e. The van der Waals surface area contributed by atoms with Crippen LogP contribution >= 0.6 is 0 Å². The third-order valence-corrected chi connectivity index (χ3v) is 1.91. The van der Waals surface area contributed by atoms with Crippen LogP contribution in [0.1, 0.15) is 27.2 Å². The fourth-order valence-electron chi connectivity index (χ4n) is 0.864. The maximum atomic E-state index is 4.94. The molecule has 0 aromatic carbocycles. The summed E-state index contributed by atoms with van der Waals surface area (Å²) in [5.74, 6) is 0. The van der Waals surface area contributed by atoms with Crippen LogP contribution in [0.2, 0.25) is 0 Å². The summed E-state index contributed by atoms with van der Waals surface area (Å²) in [6, 6.07) is 0. The molecule has 2 heteroatoms. The summed E-state index contributed by atoms with van der Waals surface area (Å²) in [4.78, 5) is 0. The molecule has 11 heavy (non-hydrogen) atoms. The molecule has 0 aliphatic carbocycles. The Morgan fingerprint density at radius 3 is 1.64 bits per heavy atom. The predicted octanol–water partition coefficient (Wildman–Crippen LogP) is 1.84. The fourth-order valence-corrected chi connectivity index (χ4v) is 0.864. The Balaban J connectivity index is 0.000000112. The summed E-state index contributed by atoms with van der Waals surface area (Å²) in [7, 11) is 0. The minimum atomic E-state index is 0.500. The van der Waals surface area contributed by atoms with Crippen LogP contribution in [0.5, 0.6) is 0 Å². The molecule has 0 amide bonds. The molecule has 0 radical (unpaired) electrons. The summed E-state index contributed by atoms with van der Waals surface area (Å²) in [6.45, 7) is 9.39. The highest BCUT2D eigenvalue weighted by atomic mass is 16.5. The van der Waals surface area contributed by atoms with E-state index in [0.29, 0.717) is 11.5 Å². The second-order valence-electron chi connectivity index (χ2n) is 4.13. The molecule has 0 N–H and O–H groups in total. The lowest BCUT2D eigenvalue weighted by Gasteiger charge is -2.33. The monoisotopic (exact) mass is 158 g/mol. The van der Waals surface area contributed by atoms with Crippen molar-refractivity contribution in [2.24, 2.45) is 5.41 Å². The summed E-state index contributed by atoms with van der Waals surface area (Å²) >= 11 is 0. The first-order valence-electron chi connectivity index (χ1n) is 4.29. The third-order valence-electron chi connectivity index (χ3n) is 1.91. The highest BCUT2D eigenvalue weighted by molar-refractivity contribution is 4.73. The largest absolute Gasteiger partial charge is 0.380 e. The standard InChI is InChI=1S/C5H10O.C4H8O/c1-5(2)3-6-4-5;1-4-2-3-5-4/h3-4H2,1-2H3;4H,2-3H2,1H3. The molecule has 0 aromatic heterocycles. The minimum Gasteiger partial charge on any atom is -0.380 e. The fraction of sp³-hybridized carbons (Fsp3) is 1.00. The lowest BCUT2D eigenvalue weighted by atomic mass is 9.92. The topological polar surface area (TPSA) is 18.5 Å². The zero-order valence-corrected chi connectivity index (χ0v) is 7.72. The molecule has 1 atom stereocenters. The number of hydrogen-bond donors (Lipinski definition) is 0. The summed E-state index contributed by atoms with van der Waals surface area (Å²) < 4.78 is 9.87. The van der Waals surface area contributed by atoms with Crippen LogP contribution < -0.4 is 0 Å². The van der Waals surface area contributed by atoms with Gasteiger partial charge in [-0.05, 0) is 13.3 Å². The molecule has 1 unspecified atom stereocenters. The van der Waals surface area contributed by atoms with Crippen molar-refractivity contribution in [2.75, 3.05) is 19.8 Å². The van der Waals surface area contributed by atoms with Gasteiger partial charge in [0.1, 0.15) is 0 Å². The van der Waals surface area contributed by atoms with Crippen molar-refractivity contribution in [1.29, 1.82) is 0 Å². The first-order valence-corrected chi connectivity index (χ1v) is 4.29. The van der Waals surface area contributed by atoms with E-state index < -0.39 is 0 Å². The highest BCUT2D eigenvalue weighted by Crippen LogP contribution is 2.24. The van der Waals surface area contributed by atoms with Gasteiger partial charge in [0.05, 0.1) is 19.3 Å². The Kier molecular flexibility index (Phi) is 2.90. The molecule has 0 saturated carbocycles. The number of hydrogen-bond acceptors (Lipinski definition) is 2. The molecule has 0 bridgehead atoms. The Morgan fingerprint density at radius 1 is 1.27 bits per heavy atom. The SMILES string of the molecule is CC1(C)COC1.CC1CCO1. The molecule has 2 rings (SSSR count). The van der Waals surface area contributed by atoms with Crippen LogP contribution in [0.25, 0.3) is 0 Å². The van der Waals surface area contributed by atoms with Gasteiger partial charge in [-0.15, -0.1) is 0 Å². The van der Waals surface area contributed by atoms with E-state index in [4.69, 9.17) is 9.47 Å². The van der Waals surface area contributed by atoms with E-state index in [1.165, 1.54) is 6.42 Å². The van der Waals surface area contributed by atoms with Crippen LogP contribution in [0, 0.1) is 5.41 Å². The van der Waals surface area contributed by atoms with Gasteiger partial charge in [0.25, 0.3) is 0 Å². The lowest BCUT2D eigenvalue weighted by molar-refractivity contribution is -0.0892. The van der Waals surface area contributed by atoms with Crippen LogP contribution in [-0.4, -0.2) is 25.9 Å². The second kappa shape index (κ2) is 3.55. The van der Waals surface area contributed by atoms with E-state index in [1.54, 1.807) is 0 Å². The van der Waals surface area contributed by atoms with Crippen molar-refractivity contribution in [3.05, 3.63) is 0 Å². The van der Waals surface area contributed by atoms with Gasteiger partial charge in [-0.3, -0.25) is 0 Å². The van der Waals surface area contributed by atoms with Gasteiger partial charge >= 0.3 is 0 Å². The molecule has 0 spiro atoms. The average Bonchev–Trinajstić information content (AvgIpc) is 1.82. The van der Waals surface area contributed by atoms with Gasteiger partial charge in [-0.1, -0.05) is 13.8 Å². The number of rotatable bonds is 0. The van der Waals surface area contributed by atoms with Crippen molar-refractivity contribution >= 4 is 0 Å². The van der Waals surface area contributed by atoms with E-state index in [1.807, 2.05) is 0 Å². The molecular weight excluding hydrogens is 140 g/mol. The Bertz CT molecular complexity index is 111. The number of ether oxygens (including phenoxy) is 2. The zero-order valence-electron chi connectivity index (χ0n) is 7.72. The van der Waals surface area contributed by atoms with E-state index in [0.717, 1.165) is 19.8 Å². The van der Waals surface area contributed by atoms with Crippen molar-refractivity contribution in [2.45, 2.75) is 33.3 Å². The van der Waals surface area contributed by atoms with Gasteiger partial charge < -0.3 is 9.47 Å². The molecule has 2 aliphatic heterocycles. The van der Waals surface area contributed by atoms with E-state index >= 15 is 0 Å². The first kappa shape index (κ1) is 9.01.